The third kappa shape index (κ3) is 4.89. The highest BCUT2D eigenvalue weighted by atomic mass is 16.6. The first-order valence-corrected chi connectivity index (χ1v) is 8.06. The standard InChI is InChI=1S/C19H28O2/c1-5-19(4)18(21-19)13-10-15(2)7-6-14-20-17-11-8-16(3)9-12-17/h7-9,11-12,18H,5-6,10,13-14H2,1-4H3. The summed E-state index contributed by atoms with van der Waals surface area (Å²) in [6, 6.07) is 8.22. The van der Waals surface area contributed by atoms with E-state index in [0.717, 1.165) is 38.0 Å². The van der Waals surface area contributed by atoms with Crippen molar-refractivity contribution in [3.63, 3.8) is 0 Å². The van der Waals surface area contributed by atoms with Crippen LogP contribution in [0.25, 0.3) is 0 Å². The van der Waals surface area contributed by atoms with Crippen LogP contribution in [0.2, 0.25) is 0 Å². The molecule has 0 aliphatic carbocycles. The highest BCUT2D eigenvalue weighted by Crippen LogP contribution is 2.42. The van der Waals surface area contributed by atoms with E-state index in [4.69, 9.17) is 9.47 Å². The molecule has 1 aromatic rings. The van der Waals surface area contributed by atoms with Crippen molar-refractivity contribution in [2.24, 2.45) is 0 Å². The first kappa shape index (κ1) is 16.1. The van der Waals surface area contributed by atoms with Crippen molar-refractivity contribution in [3.05, 3.63) is 41.5 Å². The molecule has 2 atom stereocenters. The number of allylic oxidation sites excluding steroid dienone is 1. The van der Waals surface area contributed by atoms with Crippen LogP contribution in [0, 0.1) is 6.92 Å². The summed E-state index contributed by atoms with van der Waals surface area (Å²) in [5.41, 5.74) is 2.87. The average Bonchev–Trinajstić information content (AvgIpc) is 3.15. The maximum Gasteiger partial charge on any atom is 0.119 e. The van der Waals surface area contributed by atoms with E-state index in [-0.39, 0.29) is 5.60 Å². The zero-order chi connectivity index (χ0) is 15.3. The smallest absolute Gasteiger partial charge is 0.119 e. The Labute approximate surface area is 129 Å². The third-order valence-corrected chi connectivity index (χ3v) is 4.44. The van der Waals surface area contributed by atoms with Crippen LogP contribution in [0.5, 0.6) is 5.75 Å². The molecule has 0 aromatic heterocycles. The Morgan fingerprint density at radius 1 is 1.33 bits per heavy atom. The van der Waals surface area contributed by atoms with Gasteiger partial charge in [-0.15, -0.1) is 0 Å². The molecule has 1 aliphatic rings. The van der Waals surface area contributed by atoms with Gasteiger partial charge in [-0.3, -0.25) is 0 Å². The van der Waals surface area contributed by atoms with E-state index >= 15 is 0 Å². The number of hydrogen-bond acceptors (Lipinski definition) is 2. The summed E-state index contributed by atoms with van der Waals surface area (Å²) < 4.78 is 11.5. The lowest BCUT2D eigenvalue weighted by atomic mass is 9.99. The number of benzene rings is 1. The second-order valence-electron chi connectivity index (χ2n) is 6.31. The predicted molar refractivity (Wildman–Crippen MR) is 87.9 cm³/mol. The maximum absolute atomic E-state index is 5.75. The minimum absolute atomic E-state index is 0.162. The Morgan fingerprint density at radius 2 is 2.05 bits per heavy atom. The molecule has 2 nitrogen and oxygen atoms in total. The third-order valence-electron chi connectivity index (χ3n) is 4.44. The largest absolute Gasteiger partial charge is 0.493 e. The van der Waals surface area contributed by atoms with Gasteiger partial charge >= 0.3 is 0 Å². The summed E-state index contributed by atoms with van der Waals surface area (Å²) in [7, 11) is 0. The first-order valence-electron chi connectivity index (χ1n) is 8.06. The molecule has 0 radical (unpaired) electrons. The molecule has 1 aromatic carbocycles. The van der Waals surface area contributed by atoms with Gasteiger partial charge in [0.25, 0.3) is 0 Å². The zero-order valence-corrected chi connectivity index (χ0v) is 13.8. The fraction of sp³-hybridized carbons (Fsp3) is 0.579. The lowest BCUT2D eigenvalue weighted by molar-refractivity contribution is 0.300. The molecule has 1 saturated heterocycles. The highest BCUT2D eigenvalue weighted by molar-refractivity contribution is 5.26. The summed E-state index contributed by atoms with van der Waals surface area (Å²) in [5, 5.41) is 0. The molecule has 1 fully saturated rings. The summed E-state index contributed by atoms with van der Waals surface area (Å²) >= 11 is 0. The number of aryl methyl sites for hydroxylation is 1. The van der Waals surface area contributed by atoms with Crippen LogP contribution in [0.15, 0.2) is 35.9 Å². The molecule has 0 bridgehead atoms. The SMILES string of the molecule is CCC1(C)OC1CCC(C)=CCCOc1ccc(C)cc1. The van der Waals surface area contributed by atoms with Crippen molar-refractivity contribution in [1.82, 2.24) is 0 Å². The fourth-order valence-corrected chi connectivity index (χ4v) is 2.54. The van der Waals surface area contributed by atoms with Crippen molar-refractivity contribution in [3.8, 4) is 5.75 Å². The molecule has 0 amide bonds. The molecule has 0 N–H and O–H groups in total. The van der Waals surface area contributed by atoms with Crippen LogP contribution in [0.1, 0.15) is 52.0 Å². The minimum atomic E-state index is 0.162. The van der Waals surface area contributed by atoms with Crippen molar-refractivity contribution >= 4 is 0 Å². The first-order chi connectivity index (χ1) is 10.0. The average molecular weight is 288 g/mol. The monoisotopic (exact) mass is 288 g/mol. The van der Waals surface area contributed by atoms with Crippen molar-refractivity contribution < 1.29 is 9.47 Å². The second kappa shape index (κ2) is 7.13. The Morgan fingerprint density at radius 3 is 2.67 bits per heavy atom. The molecule has 2 unspecified atom stereocenters. The quantitative estimate of drug-likeness (QED) is 0.379. The van der Waals surface area contributed by atoms with E-state index in [1.807, 2.05) is 12.1 Å². The Balaban J connectivity index is 1.61. The van der Waals surface area contributed by atoms with Crippen LogP contribution < -0.4 is 4.74 Å². The van der Waals surface area contributed by atoms with Gasteiger partial charge in [-0.25, -0.2) is 0 Å². The minimum Gasteiger partial charge on any atom is -0.493 e. The second-order valence-corrected chi connectivity index (χ2v) is 6.31. The fourth-order valence-electron chi connectivity index (χ4n) is 2.54. The molecule has 2 rings (SSSR count). The van der Waals surface area contributed by atoms with Gasteiger partial charge in [0.1, 0.15) is 5.75 Å². The highest BCUT2D eigenvalue weighted by Gasteiger charge is 2.49. The van der Waals surface area contributed by atoms with Gasteiger partial charge in [-0.05, 0) is 58.6 Å². The van der Waals surface area contributed by atoms with Crippen LogP contribution in [0.4, 0.5) is 0 Å². The van der Waals surface area contributed by atoms with Gasteiger partial charge in [0.15, 0.2) is 0 Å². The molecule has 21 heavy (non-hydrogen) atoms. The lowest BCUT2D eigenvalue weighted by Gasteiger charge is -2.05. The molecule has 0 spiro atoms. The van der Waals surface area contributed by atoms with Gasteiger partial charge < -0.3 is 9.47 Å². The normalized spacial score (nSPS) is 25.0. The van der Waals surface area contributed by atoms with E-state index < -0.39 is 0 Å². The summed E-state index contributed by atoms with van der Waals surface area (Å²) in [6.45, 7) is 9.45. The number of hydrogen-bond donors (Lipinski definition) is 0. The van der Waals surface area contributed by atoms with E-state index in [1.54, 1.807) is 0 Å². The van der Waals surface area contributed by atoms with E-state index in [1.165, 1.54) is 11.1 Å². The summed E-state index contributed by atoms with van der Waals surface area (Å²) in [4.78, 5) is 0. The predicted octanol–water partition coefficient (Wildman–Crippen LogP) is 5.06. The lowest BCUT2D eigenvalue weighted by Crippen LogP contribution is -2.07. The zero-order valence-electron chi connectivity index (χ0n) is 13.8. The molecule has 1 aliphatic heterocycles. The molecular weight excluding hydrogens is 260 g/mol. The van der Waals surface area contributed by atoms with Crippen LogP contribution in [0.3, 0.4) is 0 Å². The number of epoxide rings is 1. The van der Waals surface area contributed by atoms with Gasteiger partial charge in [-0.1, -0.05) is 36.3 Å². The van der Waals surface area contributed by atoms with Gasteiger partial charge in [0.2, 0.25) is 0 Å². The maximum atomic E-state index is 5.75. The van der Waals surface area contributed by atoms with E-state index in [0.29, 0.717) is 6.10 Å². The van der Waals surface area contributed by atoms with E-state index in [9.17, 15) is 0 Å². The topological polar surface area (TPSA) is 21.8 Å². The molecule has 0 saturated carbocycles. The van der Waals surface area contributed by atoms with Gasteiger partial charge in [0, 0.05) is 0 Å². The Kier molecular flexibility index (Phi) is 5.46. The Hall–Kier alpha value is -1.28. The van der Waals surface area contributed by atoms with Gasteiger partial charge in [-0.2, -0.15) is 0 Å². The summed E-state index contributed by atoms with van der Waals surface area (Å²) in [5.74, 6) is 0.955. The van der Waals surface area contributed by atoms with Crippen LogP contribution in [-0.4, -0.2) is 18.3 Å². The number of rotatable bonds is 8. The number of ether oxygens (including phenoxy) is 2. The van der Waals surface area contributed by atoms with Crippen LogP contribution in [-0.2, 0) is 4.74 Å². The van der Waals surface area contributed by atoms with Crippen molar-refractivity contribution in [2.45, 2.75) is 65.1 Å². The molecule has 1 heterocycles. The molecule has 2 heteroatoms. The van der Waals surface area contributed by atoms with E-state index in [2.05, 4.69) is 45.9 Å². The van der Waals surface area contributed by atoms with Crippen molar-refractivity contribution in [2.75, 3.05) is 6.61 Å². The Bertz CT molecular complexity index is 475. The molecular formula is C19H28O2. The van der Waals surface area contributed by atoms with Crippen LogP contribution >= 0.6 is 0 Å². The van der Waals surface area contributed by atoms with Crippen molar-refractivity contribution in [1.29, 1.82) is 0 Å². The molecule has 116 valence electrons. The van der Waals surface area contributed by atoms with Gasteiger partial charge in [0.05, 0.1) is 18.3 Å². The summed E-state index contributed by atoms with van der Waals surface area (Å²) in [6.07, 6.45) is 7.12.